The Morgan fingerprint density at radius 2 is 1.86 bits per heavy atom. The van der Waals surface area contributed by atoms with E-state index in [4.69, 9.17) is 4.74 Å². The lowest BCUT2D eigenvalue weighted by Crippen LogP contribution is -2.43. The van der Waals surface area contributed by atoms with E-state index in [1.165, 1.54) is 0 Å². The first-order valence-corrected chi connectivity index (χ1v) is 10.5. The van der Waals surface area contributed by atoms with Gasteiger partial charge in [0.2, 0.25) is 5.91 Å². The fraction of sp³-hybridized carbons (Fsp3) is 0.636. The molecule has 1 spiro atoms. The van der Waals surface area contributed by atoms with Crippen molar-refractivity contribution in [1.29, 1.82) is 0 Å². The largest absolute Gasteiger partial charge is 0.494 e. The zero-order valence-electron chi connectivity index (χ0n) is 16.4. The quantitative estimate of drug-likeness (QED) is 0.730. The molecule has 0 aromatic heterocycles. The van der Waals surface area contributed by atoms with Crippen molar-refractivity contribution in [3.8, 4) is 5.75 Å². The molecule has 1 aromatic rings. The predicted molar refractivity (Wildman–Crippen MR) is 105 cm³/mol. The molecule has 1 amide bonds. The number of benzene rings is 1. The molecule has 1 atom stereocenters. The molecule has 0 radical (unpaired) electrons. The molecule has 1 saturated carbocycles. The third-order valence-electron chi connectivity index (χ3n) is 6.55. The number of carboxylic acids is 1. The van der Waals surface area contributed by atoms with E-state index in [1.807, 2.05) is 30.3 Å². The number of hydrogen-bond donors (Lipinski definition) is 1. The summed E-state index contributed by atoms with van der Waals surface area (Å²) in [7, 11) is 0. The van der Waals surface area contributed by atoms with Crippen molar-refractivity contribution in [2.45, 2.75) is 44.6 Å². The van der Waals surface area contributed by atoms with Crippen LogP contribution >= 0.6 is 0 Å². The molecule has 1 N–H and O–H groups in total. The molecule has 3 aliphatic rings. The van der Waals surface area contributed by atoms with Gasteiger partial charge in [-0.05, 0) is 69.2 Å². The van der Waals surface area contributed by atoms with Crippen molar-refractivity contribution in [1.82, 2.24) is 9.80 Å². The number of ether oxygens (including phenoxy) is 1. The highest BCUT2D eigenvalue weighted by Gasteiger charge is 2.51. The van der Waals surface area contributed by atoms with Gasteiger partial charge in [-0.25, -0.2) is 4.79 Å². The molecule has 2 aliphatic heterocycles. The highest BCUT2D eigenvalue weighted by Crippen LogP contribution is 2.45. The minimum atomic E-state index is -0.841. The van der Waals surface area contributed by atoms with Crippen LogP contribution in [0.15, 0.2) is 30.3 Å². The van der Waals surface area contributed by atoms with Crippen molar-refractivity contribution in [3.05, 3.63) is 30.3 Å². The summed E-state index contributed by atoms with van der Waals surface area (Å²) in [5.41, 5.74) is -0.00928. The summed E-state index contributed by atoms with van der Waals surface area (Å²) >= 11 is 0. The van der Waals surface area contributed by atoms with Gasteiger partial charge in [0, 0.05) is 19.0 Å². The van der Waals surface area contributed by atoms with Crippen LogP contribution in [-0.2, 0) is 9.59 Å². The van der Waals surface area contributed by atoms with E-state index < -0.39 is 12.0 Å². The summed E-state index contributed by atoms with van der Waals surface area (Å²) in [4.78, 5) is 28.4. The van der Waals surface area contributed by atoms with E-state index in [2.05, 4.69) is 4.90 Å². The first kappa shape index (κ1) is 19.2. The highest BCUT2D eigenvalue weighted by molar-refractivity contribution is 5.87. The van der Waals surface area contributed by atoms with E-state index in [9.17, 15) is 14.7 Å². The summed E-state index contributed by atoms with van der Waals surface area (Å²) < 4.78 is 5.76. The van der Waals surface area contributed by atoms with Crippen molar-refractivity contribution in [3.63, 3.8) is 0 Å². The lowest BCUT2D eigenvalue weighted by Gasteiger charge is -2.39. The standard InChI is InChI=1S/C22H30N2O4/c25-20(17-7-8-17)24-16-22(15-19(24)21(26)27)9-12-23(13-10-22)11-4-14-28-18-5-2-1-3-6-18/h1-3,5-6,17,19H,4,7-16H2,(H,26,27). The van der Waals surface area contributed by atoms with E-state index in [-0.39, 0.29) is 17.2 Å². The lowest BCUT2D eigenvalue weighted by molar-refractivity contribution is -0.148. The molecule has 0 bridgehead atoms. The number of hydrogen-bond acceptors (Lipinski definition) is 4. The van der Waals surface area contributed by atoms with Gasteiger partial charge in [-0.3, -0.25) is 4.79 Å². The second-order valence-corrected chi connectivity index (χ2v) is 8.66. The molecular weight excluding hydrogens is 356 g/mol. The van der Waals surface area contributed by atoms with Gasteiger partial charge in [0.05, 0.1) is 6.61 Å². The van der Waals surface area contributed by atoms with Gasteiger partial charge in [0.15, 0.2) is 0 Å². The molecule has 152 valence electrons. The van der Waals surface area contributed by atoms with Crippen molar-refractivity contribution in [2.24, 2.45) is 11.3 Å². The minimum absolute atomic E-state index is 0.00928. The maximum Gasteiger partial charge on any atom is 0.326 e. The number of amides is 1. The summed E-state index contributed by atoms with van der Waals surface area (Å²) in [5, 5.41) is 9.62. The van der Waals surface area contributed by atoms with Crippen LogP contribution in [0, 0.1) is 11.3 Å². The Balaban J connectivity index is 1.24. The summed E-state index contributed by atoms with van der Waals surface area (Å²) in [6.45, 7) is 4.28. The summed E-state index contributed by atoms with van der Waals surface area (Å²) in [6.07, 6.45) is 5.40. The molecular formula is C22H30N2O4. The van der Waals surface area contributed by atoms with Gasteiger partial charge >= 0.3 is 5.97 Å². The van der Waals surface area contributed by atoms with E-state index in [1.54, 1.807) is 4.90 Å². The fourth-order valence-electron chi connectivity index (χ4n) is 4.68. The first-order chi connectivity index (χ1) is 13.6. The average Bonchev–Trinajstić information content (AvgIpc) is 3.49. The van der Waals surface area contributed by atoms with Gasteiger partial charge in [0.1, 0.15) is 11.8 Å². The number of carbonyl (C=O) groups excluding carboxylic acids is 1. The lowest BCUT2D eigenvalue weighted by atomic mass is 9.76. The second kappa shape index (κ2) is 8.11. The van der Waals surface area contributed by atoms with Gasteiger partial charge in [-0.1, -0.05) is 18.2 Å². The Kier molecular flexibility index (Phi) is 5.58. The predicted octanol–water partition coefficient (Wildman–Crippen LogP) is 2.63. The molecule has 2 heterocycles. The number of para-hydroxylation sites is 1. The van der Waals surface area contributed by atoms with Crippen LogP contribution in [0.25, 0.3) is 0 Å². The number of aliphatic carboxylic acids is 1. The monoisotopic (exact) mass is 386 g/mol. The van der Waals surface area contributed by atoms with Crippen LogP contribution in [0.4, 0.5) is 0 Å². The zero-order valence-corrected chi connectivity index (χ0v) is 16.4. The Morgan fingerprint density at radius 1 is 1.14 bits per heavy atom. The molecule has 6 nitrogen and oxygen atoms in total. The molecule has 4 rings (SSSR count). The maximum absolute atomic E-state index is 12.5. The van der Waals surface area contributed by atoms with Crippen LogP contribution < -0.4 is 4.74 Å². The highest BCUT2D eigenvalue weighted by atomic mass is 16.5. The van der Waals surface area contributed by atoms with Crippen molar-refractivity contribution >= 4 is 11.9 Å². The van der Waals surface area contributed by atoms with Crippen LogP contribution in [-0.4, -0.2) is 65.6 Å². The van der Waals surface area contributed by atoms with Crippen LogP contribution in [0.2, 0.25) is 0 Å². The second-order valence-electron chi connectivity index (χ2n) is 8.66. The first-order valence-electron chi connectivity index (χ1n) is 10.5. The molecule has 1 aliphatic carbocycles. The van der Waals surface area contributed by atoms with Gasteiger partial charge in [-0.15, -0.1) is 0 Å². The number of rotatable bonds is 7. The smallest absolute Gasteiger partial charge is 0.326 e. The van der Waals surface area contributed by atoms with Crippen LogP contribution in [0.3, 0.4) is 0 Å². The SMILES string of the molecule is O=C(O)C1CC2(CCN(CCCOc3ccccc3)CC2)CN1C(=O)C1CC1. The van der Waals surface area contributed by atoms with Gasteiger partial charge < -0.3 is 19.6 Å². The molecule has 1 unspecified atom stereocenters. The Morgan fingerprint density at radius 3 is 2.50 bits per heavy atom. The number of piperidine rings is 1. The topological polar surface area (TPSA) is 70.1 Å². The normalized spacial score (nSPS) is 24.4. The van der Waals surface area contributed by atoms with E-state index in [0.29, 0.717) is 19.6 Å². The minimum Gasteiger partial charge on any atom is -0.494 e. The van der Waals surface area contributed by atoms with Gasteiger partial charge in [0.25, 0.3) is 0 Å². The molecule has 28 heavy (non-hydrogen) atoms. The van der Waals surface area contributed by atoms with E-state index in [0.717, 1.165) is 57.5 Å². The number of carbonyl (C=O) groups is 2. The zero-order chi connectivity index (χ0) is 19.6. The van der Waals surface area contributed by atoms with Crippen molar-refractivity contribution < 1.29 is 19.4 Å². The van der Waals surface area contributed by atoms with Crippen LogP contribution in [0.5, 0.6) is 5.75 Å². The molecule has 1 aromatic carbocycles. The fourth-order valence-corrected chi connectivity index (χ4v) is 4.68. The third-order valence-corrected chi connectivity index (χ3v) is 6.55. The van der Waals surface area contributed by atoms with Crippen LogP contribution in [0.1, 0.15) is 38.5 Å². The third kappa shape index (κ3) is 4.32. The Labute approximate surface area is 166 Å². The van der Waals surface area contributed by atoms with Crippen molar-refractivity contribution in [2.75, 3.05) is 32.8 Å². The molecule has 6 heteroatoms. The summed E-state index contributed by atoms with van der Waals surface area (Å²) in [5.74, 6) is 0.226. The molecule has 2 saturated heterocycles. The number of nitrogens with zero attached hydrogens (tertiary/aromatic N) is 2. The maximum atomic E-state index is 12.5. The number of likely N-dealkylation sites (tertiary alicyclic amines) is 2. The van der Waals surface area contributed by atoms with E-state index >= 15 is 0 Å². The number of carboxylic acid groups (broad SMARTS) is 1. The Hall–Kier alpha value is -2.08. The molecule has 3 fully saturated rings. The van der Waals surface area contributed by atoms with Gasteiger partial charge in [-0.2, -0.15) is 0 Å². The summed E-state index contributed by atoms with van der Waals surface area (Å²) in [6, 6.07) is 9.24. The Bertz CT molecular complexity index is 696. The average molecular weight is 386 g/mol.